The first-order chi connectivity index (χ1) is 14.7. The predicted octanol–water partition coefficient (Wildman–Crippen LogP) is 4.22. The van der Waals surface area contributed by atoms with E-state index in [9.17, 15) is 18.4 Å². The van der Waals surface area contributed by atoms with Gasteiger partial charge in [0.15, 0.2) is 5.82 Å². The van der Waals surface area contributed by atoms with Crippen molar-refractivity contribution in [3.63, 3.8) is 0 Å². The maximum atomic E-state index is 14.2. The molecule has 1 heterocycles. The third kappa shape index (κ3) is 4.19. The van der Waals surface area contributed by atoms with E-state index >= 15 is 0 Å². The molecule has 6 nitrogen and oxygen atoms in total. The first kappa shape index (κ1) is 20.7. The molecule has 31 heavy (non-hydrogen) atoms. The second-order valence-corrected chi connectivity index (χ2v) is 7.78. The lowest BCUT2D eigenvalue weighted by molar-refractivity contribution is 0.0949. The quantitative estimate of drug-likeness (QED) is 0.644. The normalized spacial score (nSPS) is 13.2. The van der Waals surface area contributed by atoms with E-state index in [0.717, 1.165) is 30.5 Å². The number of anilines is 1. The molecular weight excluding hydrogens is 402 g/mol. The Morgan fingerprint density at radius 1 is 1.03 bits per heavy atom. The molecule has 160 valence electrons. The van der Waals surface area contributed by atoms with Gasteiger partial charge < -0.3 is 10.6 Å². The molecule has 0 spiro atoms. The molecule has 1 aliphatic carbocycles. The minimum Gasteiger partial charge on any atom is -0.349 e. The Hall–Kier alpha value is -3.55. The van der Waals surface area contributed by atoms with Crippen LogP contribution in [0.1, 0.15) is 50.5 Å². The van der Waals surface area contributed by atoms with Crippen LogP contribution < -0.4 is 10.6 Å². The number of hydrogen-bond donors (Lipinski definition) is 2. The summed E-state index contributed by atoms with van der Waals surface area (Å²) in [5, 5.41) is 10.0. The fourth-order valence-electron chi connectivity index (χ4n) is 3.44. The van der Waals surface area contributed by atoms with Crippen LogP contribution in [0.4, 0.5) is 14.5 Å². The fraction of sp³-hybridized carbons (Fsp3) is 0.261. The summed E-state index contributed by atoms with van der Waals surface area (Å²) in [4.78, 5) is 25.4. The van der Waals surface area contributed by atoms with E-state index in [1.807, 2.05) is 6.92 Å². The molecule has 2 N–H and O–H groups in total. The van der Waals surface area contributed by atoms with Gasteiger partial charge in [-0.2, -0.15) is 5.10 Å². The molecule has 0 bridgehead atoms. The number of halogens is 2. The Morgan fingerprint density at radius 2 is 1.77 bits per heavy atom. The first-order valence-corrected chi connectivity index (χ1v) is 9.99. The number of aryl methyl sites for hydroxylation is 2. The van der Waals surface area contributed by atoms with Crippen LogP contribution in [0.25, 0.3) is 5.69 Å². The zero-order valence-electron chi connectivity index (χ0n) is 17.4. The van der Waals surface area contributed by atoms with E-state index in [2.05, 4.69) is 15.7 Å². The van der Waals surface area contributed by atoms with Crippen molar-refractivity contribution in [1.82, 2.24) is 15.1 Å². The van der Waals surface area contributed by atoms with Crippen LogP contribution >= 0.6 is 0 Å². The molecule has 1 fully saturated rings. The van der Waals surface area contributed by atoms with E-state index in [4.69, 9.17) is 0 Å². The van der Waals surface area contributed by atoms with Gasteiger partial charge in [-0.1, -0.05) is 6.07 Å². The van der Waals surface area contributed by atoms with Crippen LogP contribution in [-0.4, -0.2) is 27.6 Å². The Kier molecular flexibility index (Phi) is 5.31. The molecule has 0 aliphatic heterocycles. The maximum Gasteiger partial charge on any atom is 0.259 e. The number of nitrogens with one attached hydrogen (secondary N) is 2. The summed E-state index contributed by atoms with van der Waals surface area (Å²) in [7, 11) is 0. The second kappa shape index (κ2) is 7.94. The van der Waals surface area contributed by atoms with Crippen LogP contribution in [0.15, 0.2) is 36.4 Å². The van der Waals surface area contributed by atoms with E-state index in [-0.39, 0.29) is 23.2 Å². The fourth-order valence-corrected chi connectivity index (χ4v) is 3.44. The van der Waals surface area contributed by atoms with Gasteiger partial charge in [-0.3, -0.25) is 9.59 Å². The van der Waals surface area contributed by atoms with E-state index in [1.54, 1.807) is 32.0 Å². The number of benzene rings is 2. The smallest absolute Gasteiger partial charge is 0.259 e. The Balaban J connectivity index is 1.62. The van der Waals surface area contributed by atoms with Gasteiger partial charge in [-0.05, 0) is 63.4 Å². The topological polar surface area (TPSA) is 76.0 Å². The summed E-state index contributed by atoms with van der Waals surface area (Å²) in [6.45, 7) is 5.12. The van der Waals surface area contributed by atoms with Gasteiger partial charge in [0, 0.05) is 23.4 Å². The summed E-state index contributed by atoms with van der Waals surface area (Å²) in [6, 6.07) is 8.54. The summed E-state index contributed by atoms with van der Waals surface area (Å²) < 4.78 is 28.8. The third-order valence-corrected chi connectivity index (χ3v) is 5.32. The molecule has 0 atom stereocenters. The van der Waals surface area contributed by atoms with Gasteiger partial charge in [0.2, 0.25) is 0 Å². The SMILES string of the molecule is Cc1ccc(C(=O)NC2CC2)cc1NC(=O)c1c(C)nn(-c2ccc(F)cc2F)c1C. The number of rotatable bonds is 5. The largest absolute Gasteiger partial charge is 0.349 e. The highest BCUT2D eigenvalue weighted by atomic mass is 19.1. The maximum absolute atomic E-state index is 14.2. The van der Waals surface area contributed by atoms with Crippen molar-refractivity contribution in [2.45, 2.75) is 39.7 Å². The van der Waals surface area contributed by atoms with Gasteiger partial charge in [-0.15, -0.1) is 0 Å². The molecule has 0 unspecified atom stereocenters. The van der Waals surface area contributed by atoms with E-state index in [1.165, 1.54) is 10.7 Å². The molecule has 8 heteroatoms. The van der Waals surface area contributed by atoms with Crippen molar-refractivity contribution >= 4 is 17.5 Å². The van der Waals surface area contributed by atoms with Gasteiger partial charge in [0.1, 0.15) is 11.5 Å². The van der Waals surface area contributed by atoms with Crippen LogP contribution in [0.3, 0.4) is 0 Å². The molecule has 0 radical (unpaired) electrons. The average molecular weight is 424 g/mol. The molecule has 4 rings (SSSR count). The van der Waals surface area contributed by atoms with Crippen molar-refractivity contribution in [1.29, 1.82) is 0 Å². The molecule has 0 saturated heterocycles. The van der Waals surface area contributed by atoms with E-state index in [0.29, 0.717) is 22.6 Å². The lowest BCUT2D eigenvalue weighted by Gasteiger charge is -2.11. The minimum atomic E-state index is -0.775. The van der Waals surface area contributed by atoms with Crippen molar-refractivity contribution < 1.29 is 18.4 Å². The monoisotopic (exact) mass is 424 g/mol. The Labute approximate surface area is 178 Å². The highest BCUT2D eigenvalue weighted by Gasteiger charge is 2.25. The molecule has 1 aliphatic rings. The van der Waals surface area contributed by atoms with E-state index < -0.39 is 17.5 Å². The molecule has 2 amide bonds. The number of aromatic nitrogens is 2. The number of carbonyl (C=O) groups is 2. The minimum absolute atomic E-state index is 0.0518. The average Bonchev–Trinajstić information content (AvgIpc) is 3.47. The second-order valence-electron chi connectivity index (χ2n) is 7.78. The number of hydrogen-bond acceptors (Lipinski definition) is 3. The molecule has 3 aromatic rings. The highest BCUT2D eigenvalue weighted by Crippen LogP contribution is 2.24. The van der Waals surface area contributed by atoms with Crippen LogP contribution in [0, 0.1) is 32.4 Å². The van der Waals surface area contributed by atoms with Crippen molar-refractivity contribution in [2.75, 3.05) is 5.32 Å². The van der Waals surface area contributed by atoms with Crippen LogP contribution in [0.5, 0.6) is 0 Å². The molecular formula is C23H22F2N4O2. The zero-order valence-corrected chi connectivity index (χ0v) is 17.4. The lowest BCUT2D eigenvalue weighted by atomic mass is 10.1. The zero-order chi connectivity index (χ0) is 22.3. The standard InChI is InChI=1S/C23H22F2N4O2/c1-12-4-5-15(22(30)26-17-7-8-17)10-19(12)27-23(31)21-13(2)28-29(14(21)3)20-9-6-16(24)11-18(20)25/h4-6,9-11,17H,7-8H2,1-3H3,(H,26,30)(H,27,31). The lowest BCUT2D eigenvalue weighted by Crippen LogP contribution is -2.25. The first-order valence-electron chi connectivity index (χ1n) is 9.99. The van der Waals surface area contributed by atoms with Gasteiger partial charge in [0.25, 0.3) is 11.8 Å². The number of amides is 2. The summed E-state index contributed by atoms with van der Waals surface area (Å²) in [5.74, 6) is -2.07. The summed E-state index contributed by atoms with van der Waals surface area (Å²) in [6.07, 6.45) is 1.97. The number of nitrogens with zero attached hydrogens (tertiary/aromatic N) is 2. The Bertz CT molecular complexity index is 1200. The predicted molar refractivity (Wildman–Crippen MR) is 113 cm³/mol. The van der Waals surface area contributed by atoms with Gasteiger partial charge >= 0.3 is 0 Å². The van der Waals surface area contributed by atoms with Crippen molar-refractivity contribution in [3.8, 4) is 5.69 Å². The molecule has 2 aromatic carbocycles. The van der Waals surface area contributed by atoms with Crippen LogP contribution in [-0.2, 0) is 0 Å². The van der Waals surface area contributed by atoms with Gasteiger partial charge in [-0.25, -0.2) is 13.5 Å². The highest BCUT2D eigenvalue weighted by molar-refractivity contribution is 6.07. The van der Waals surface area contributed by atoms with Gasteiger partial charge in [0.05, 0.1) is 17.0 Å². The summed E-state index contributed by atoms with van der Waals surface area (Å²) >= 11 is 0. The molecule has 1 aromatic heterocycles. The molecule has 1 saturated carbocycles. The summed E-state index contributed by atoms with van der Waals surface area (Å²) in [5.41, 5.74) is 2.92. The Morgan fingerprint density at radius 3 is 2.45 bits per heavy atom. The van der Waals surface area contributed by atoms with Crippen molar-refractivity contribution in [3.05, 3.63) is 76.1 Å². The van der Waals surface area contributed by atoms with Crippen LogP contribution in [0.2, 0.25) is 0 Å². The number of carbonyl (C=O) groups excluding carboxylic acids is 2. The third-order valence-electron chi connectivity index (χ3n) is 5.32. The van der Waals surface area contributed by atoms with Crippen molar-refractivity contribution in [2.24, 2.45) is 0 Å².